The Bertz CT molecular complexity index is 598. The number of nitrogens with one attached hydrogen (secondary N) is 1. The van der Waals surface area contributed by atoms with Crippen molar-refractivity contribution in [2.24, 2.45) is 0 Å². The van der Waals surface area contributed by atoms with Gasteiger partial charge in [0.1, 0.15) is 5.56 Å². The minimum absolute atomic E-state index is 0.0568. The number of halogens is 1. The van der Waals surface area contributed by atoms with Gasteiger partial charge in [0.25, 0.3) is 11.6 Å². The third kappa shape index (κ3) is 2.66. The average Bonchev–Trinajstić information content (AvgIpc) is 2.81. The van der Waals surface area contributed by atoms with Crippen molar-refractivity contribution in [2.45, 2.75) is 0 Å². The molecular weight excluding hydrogens is 276 g/mol. The molecule has 0 unspecified atom stereocenters. The first-order valence-electron chi connectivity index (χ1n) is 4.85. The standard InChI is InChI=1S/C11H7ClN2O3S/c12-7-1-2-10(14(16)17)9(5-7)11(15)13-8-3-4-18-6-8/h1-6H,(H,13,15). The van der Waals surface area contributed by atoms with Crippen molar-refractivity contribution < 1.29 is 9.72 Å². The van der Waals surface area contributed by atoms with E-state index in [0.717, 1.165) is 0 Å². The second kappa shape index (κ2) is 5.16. The molecular formula is C11H7ClN2O3S. The van der Waals surface area contributed by atoms with E-state index in [2.05, 4.69) is 5.32 Å². The number of hydrogen-bond acceptors (Lipinski definition) is 4. The summed E-state index contributed by atoms with van der Waals surface area (Å²) in [5.41, 5.74) is 0.269. The Morgan fingerprint density at radius 1 is 1.39 bits per heavy atom. The summed E-state index contributed by atoms with van der Waals surface area (Å²) in [5, 5.41) is 17.2. The van der Waals surface area contributed by atoms with Crippen LogP contribution < -0.4 is 5.32 Å². The summed E-state index contributed by atoms with van der Waals surface area (Å²) in [6, 6.07) is 5.58. The van der Waals surface area contributed by atoms with Crippen LogP contribution in [0.25, 0.3) is 0 Å². The van der Waals surface area contributed by atoms with Crippen molar-refractivity contribution in [3.63, 3.8) is 0 Å². The number of carbonyl (C=O) groups is 1. The van der Waals surface area contributed by atoms with Crippen LogP contribution in [-0.2, 0) is 0 Å². The van der Waals surface area contributed by atoms with E-state index >= 15 is 0 Å². The first kappa shape index (κ1) is 12.5. The molecule has 1 aromatic heterocycles. The molecule has 0 bridgehead atoms. The van der Waals surface area contributed by atoms with Crippen LogP contribution in [0.1, 0.15) is 10.4 Å². The first-order valence-corrected chi connectivity index (χ1v) is 6.17. The molecule has 7 heteroatoms. The molecule has 0 fully saturated rings. The highest BCUT2D eigenvalue weighted by molar-refractivity contribution is 7.08. The van der Waals surface area contributed by atoms with Crippen molar-refractivity contribution in [3.8, 4) is 0 Å². The Kier molecular flexibility index (Phi) is 3.59. The summed E-state index contributed by atoms with van der Waals surface area (Å²) in [7, 11) is 0. The van der Waals surface area contributed by atoms with Crippen LogP contribution in [0.2, 0.25) is 5.02 Å². The quantitative estimate of drug-likeness (QED) is 0.691. The molecule has 2 aromatic rings. The molecule has 0 saturated heterocycles. The lowest BCUT2D eigenvalue weighted by Gasteiger charge is -2.04. The Hall–Kier alpha value is -1.92. The first-order chi connectivity index (χ1) is 8.58. The van der Waals surface area contributed by atoms with E-state index in [9.17, 15) is 14.9 Å². The van der Waals surface area contributed by atoms with Crippen LogP contribution in [0.15, 0.2) is 35.0 Å². The number of amides is 1. The highest BCUT2D eigenvalue weighted by Gasteiger charge is 2.20. The van der Waals surface area contributed by atoms with E-state index in [0.29, 0.717) is 5.69 Å². The third-order valence-corrected chi connectivity index (χ3v) is 3.10. The molecule has 1 heterocycles. The second-order valence-corrected chi connectivity index (χ2v) is 4.60. The number of thiophene rings is 1. The van der Waals surface area contributed by atoms with E-state index in [4.69, 9.17) is 11.6 Å². The van der Waals surface area contributed by atoms with E-state index < -0.39 is 10.8 Å². The minimum atomic E-state index is -0.612. The third-order valence-electron chi connectivity index (χ3n) is 2.18. The fourth-order valence-corrected chi connectivity index (χ4v) is 2.14. The van der Waals surface area contributed by atoms with Crippen LogP contribution in [0.3, 0.4) is 0 Å². The van der Waals surface area contributed by atoms with Gasteiger partial charge in [-0.25, -0.2) is 0 Å². The Morgan fingerprint density at radius 3 is 2.78 bits per heavy atom. The van der Waals surface area contributed by atoms with E-state index in [1.807, 2.05) is 0 Å². The predicted octanol–water partition coefficient (Wildman–Crippen LogP) is 3.56. The number of nitro benzene ring substituents is 1. The van der Waals surface area contributed by atoms with E-state index in [-0.39, 0.29) is 16.3 Å². The van der Waals surface area contributed by atoms with E-state index in [1.165, 1.54) is 29.5 Å². The topological polar surface area (TPSA) is 72.2 Å². The lowest BCUT2D eigenvalue weighted by molar-refractivity contribution is -0.385. The number of nitrogens with zero attached hydrogens (tertiary/aromatic N) is 1. The molecule has 2 rings (SSSR count). The molecule has 0 saturated carbocycles. The van der Waals surface area contributed by atoms with Gasteiger partial charge in [-0.2, -0.15) is 11.3 Å². The average molecular weight is 283 g/mol. The lowest BCUT2D eigenvalue weighted by Crippen LogP contribution is -2.13. The van der Waals surface area contributed by atoms with Crippen LogP contribution in [0.5, 0.6) is 0 Å². The van der Waals surface area contributed by atoms with Gasteiger partial charge in [0, 0.05) is 16.5 Å². The largest absolute Gasteiger partial charge is 0.321 e. The Balaban J connectivity index is 2.34. The molecule has 0 aliphatic rings. The van der Waals surface area contributed by atoms with Gasteiger partial charge in [-0.1, -0.05) is 11.6 Å². The summed E-state index contributed by atoms with van der Waals surface area (Å²) in [4.78, 5) is 22.1. The SMILES string of the molecule is O=C(Nc1ccsc1)c1cc(Cl)ccc1[N+](=O)[O-]. The van der Waals surface area contributed by atoms with Crippen LogP contribution in [0, 0.1) is 10.1 Å². The summed E-state index contributed by atoms with van der Waals surface area (Å²) in [5.74, 6) is -0.553. The van der Waals surface area contributed by atoms with Crippen molar-refractivity contribution in [2.75, 3.05) is 5.32 Å². The zero-order valence-corrected chi connectivity index (χ0v) is 10.5. The van der Waals surface area contributed by atoms with Gasteiger partial charge in [-0.05, 0) is 23.6 Å². The monoisotopic (exact) mass is 282 g/mol. The number of benzene rings is 1. The maximum atomic E-state index is 11.9. The summed E-state index contributed by atoms with van der Waals surface area (Å²) >= 11 is 7.16. The van der Waals surface area contributed by atoms with Gasteiger partial charge >= 0.3 is 0 Å². The summed E-state index contributed by atoms with van der Waals surface area (Å²) in [6.45, 7) is 0. The van der Waals surface area contributed by atoms with Crippen molar-refractivity contribution in [1.29, 1.82) is 0 Å². The van der Waals surface area contributed by atoms with Crippen molar-refractivity contribution >= 4 is 40.2 Å². The van der Waals surface area contributed by atoms with Crippen molar-refractivity contribution in [1.82, 2.24) is 0 Å². The number of hydrogen-bond donors (Lipinski definition) is 1. The molecule has 1 amide bonds. The fourth-order valence-electron chi connectivity index (χ4n) is 1.38. The van der Waals surface area contributed by atoms with Crippen LogP contribution in [0.4, 0.5) is 11.4 Å². The van der Waals surface area contributed by atoms with Gasteiger partial charge in [-0.15, -0.1) is 0 Å². The maximum absolute atomic E-state index is 11.9. The number of anilines is 1. The normalized spacial score (nSPS) is 10.1. The number of rotatable bonds is 3. The van der Waals surface area contributed by atoms with Gasteiger partial charge < -0.3 is 5.32 Å². The lowest BCUT2D eigenvalue weighted by atomic mass is 10.1. The zero-order valence-electron chi connectivity index (χ0n) is 8.92. The highest BCUT2D eigenvalue weighted by atomic mass is 35.5. The second-order valence-electron chi connectivity index (χ2n) is 3.38. The number of nitro groups is 1. The molecule has 0 aliphatic heterocycles. The van der Waals surface area contributed by atoms with Crippen molar-refractivity contribution in [3.05, 3.63) is 55.7 Å². The molecule has 0 radical (unpaired) electrons. The maximum Gasteiger partial charge on any atom is 0.282 e. The predicted molar refractivity (Wildman–Crippen MR) is 70.4 cm³/mol. The Morgan fingerprint density at radius 2 is 2.17 bits per heavy atom. The molecule has 5 nitrogen and oxygen atoms in total. The van der Waals surface area contributed by atoms with Gasteiger partial charge in [0.05, 0.1) is 10.6 Å². The summed E-state index contributed by atoms with van der Waals surface area (Å²) < 4.78 is 0. The zero-order chi connectivity index (χ0) is 13.1. The van der Waals surface area contributed by atoms with E-state index in [1.54, 1.807) is 16.8 Å². The highest BCUT2D eigenvalue weighted by Crippen LogP contribution is 2.24. The Labute approximate surface area is 111 Å². The van der Waals surface area contributed by atoms with Gasteiger partial charge in [-0.3, -0.25) is 14.9 Å². The van der Waals surface area contributed by atoms with Gasteiger partial charge in [0.2, 0.25) is 0 Å². The fraction of sp³-hybridized carbons (Fsp3) is 0. The van der Waals surface area contributed by atoms with Crippen LogP contribution in [-0.4, -0.2) is 10.8 Å². The molecule has 1 aromatic carbocycles. The van der Waals surface area contributed by atoms with Gasteiger partial charge in [0.15, 0.2) is 0 Å². The molecule has 0 spiro atoms. The number of carbonyl (C=O) groups excluding carboxylic acids is 1. The molecule has 0 atom stereocenters. The minimum Gasteiger partial charge on any atom is -0.321 e. The van der Waals surface area contributed by atoms with Crippen LogP contribution >= 0.6 is 22.9 Å². The molecule has 1 N–H and O–H groups in total. The molecule has 92 valence electrons. The summed E-state index contributed by atoms with van der Waals surface area (Å²) in [6.07, 6.45) is 0. The smallest absolute Gasteiger partial charge is 0.282 e. The molecule has 0 aliphatic carbocycles. The molecule has 18 heavy (non-hydrogen) atoms.